The number of benzene rings is 1. The third-order valence-electron chi connectivity index (χ3n) is 4.30. The monoisotopic (exact) mass is 363 g/mol. The third kappa shape index (κ3) is 6.58. The highest BCUT2D eigenvalue weighted by Gasteiger charge is 2.32. The van der Waals surface area contributed by atoms with Crippen LogP contribution >= 0.6 is 0 Å². The summed E-state index contributed by atoms with van der Waals surface area (Å²) in [5, 5.41) is 5.83. The summed E-state index contributed by atoms with van der Waals surface area (Å²) < 4.78 is 5.28. The summed E-state index contributed by atoms with van der Waals surface area (Å²) in [4.78, 5) is 26.6. The second-order valence-corrected chi connectivity index (χ2v) is 8.33. The van der Waals surface area contributed by atoms with E-state index >= 15 is 0 Å². The van der Waals surface area contributed by atoms with E-state index in [1.165, 1.54) is 0 Å². The van der Waals surface area contributed by atoms with Gasteiger partial charge in [0.1, 0.15) is 5.60 Å². The number of carbonyl (C=O) groups is 2. The van der Waals surface area contributed by atoms with Crippen molar-refractivity contribution in [2.45, 2.75) is 52.7 Å². The number of rotatable bonds is 6. The zero-order valence-corrected chi connectivity index (χ0v) is 17.3. The molecule has 1 rings (SSSR count). The van der Waals surface area contributed by atoms with Gasteiger partial charge in [0.2, 0.25) is 0 Å². The lowest BCUT2D eigenvalue weighted by molar-refractivity contribution is 0.0497. The van der Waals surface area contributed by atoms with Gasteiger partial charge in [-0.1, -0.05) is 19.9 Å². The lowest BCUT2D eigenvalue weighted by atomic mass is 9.88. The van der Waals surface area contributed by atoms with Crippen LogP contribution in [0.15, 0.2) is 24.3 Å². The molecule has 0 radical (unpaired) electrons. The van der Waals surface area contributed by atoms with Gasteiger partial charge in [-0.3, -0.25) is 4.79 Å². The van der Waals surface area contributed by atoms with E-state index in [-0.39, 0.29) is 18.4 Å². The fourth-order valence-corrected chi connectivity index (χ4v) is 2.22. The molecule has 26 heavy (non-hydrogen) atoms. The van der Waals surface area contributed by atoms with Crippen LogP contribution in [0.2, 0.25) is 0 Å². The van der Waals surface area contributed by atoms with Gasteiger partial charge >= 0.3 is 6.09 Å². The lowest BCUT2D eigenvalue weighted by Gasteiger charge is -2.35. The Labute approximate surface area is 157 Å². The van der Waals surface area contributed by atoms with Crippen LogP contribution in [0, 0.1) is 5.92 Å². The number of nitrogens with one attached hydrogen (secondary N) is 2. The summed E-state index contributed by atoms with van der Waals surface area (Å²) in [6, 6.07) is 7.43. The zero-order chi connectivity index (χ0) is 20.1. The van der Waals surface area contributed by atoms with Gasteiger partial charge < -0.3 is 20.3 Å². The maximum absolute atomic E-state index is 12.7. The summed E-state index contributed by atoms with van der Waals surface area (Å²) in [5.41, 5.74) is 0.368. The molecule has 1 aromatic rings. The molecular formula is C20H33N3O3. The van der Waals surface area contributed by atoms with Crippen LogP contribution < -0.4 is 15.5 Å². The first-order chi connectivity index (χ1) is 11.8. The number of carbonyl (C=O) groups excluding carboxylic acids is 2. The normalized spacial score (nSPS) is 13.7. The molecule has 0 aliphatic heterocycles. The number of alkyl carbamates (subject to hydrolysis) is 1. The van der Waals surface area contributed by atoms with Gasteiger partial charge in [-0.2, -0.15) is 0 Å². The van der Waals surface area contributed by atoms with Gasteiger partial charge in [0.25, 0.3) is 5.91 Å². The molecule has 0 aliphatic carbocycles. The topological polar surface area (TPSA) is 70.7 Å². The fraction of sp³-hybridized carbons (Fsp3) is 0.600. The van der Waals surface area contributed by atoms with Crippen molar-refractivity contribution in [1.29, 1.82) is 0 Å². The van der Waals surface area contributed by atoms with E-state index in [4.69, 9.17) is 4.74 Å². The Bertz CT molecular complexity index is 635. The molecule has 6 heteroatoms. The van der Waals surface area contributed by atoms with Crippen LogP contribution in [0.5, 0.6) is 0 Å². The van der Waals surface area contributed by atoms with Crippen LogP contribution in [0.25, 0.3) is 0 Å². The number of hydrogen-bond donors (Lipinski definition) is 2. The average Bonchev–Trinajstić information content (AvgIpc) is 2.51. The van der Waals surface area contributed by atoms with Gasteiger partial charge in [0, 0.05) is 31.9 Å². The van der Waals surface area contributed by atoms with E-state index in [1.807, 2.05) is 78.7 Å². The molecule has 6 nitrogen and oxygen atoms in total. The molecule has 146 valence electrons. The quantitative estimate of drug-likeness (QED) is 0.812. The largest absolute Gasteiger partial charge is 0.444 e. The van der Waals surface area contributed by atoms with E-state index in [1.54, 1.807) is 6.07 Å². The molecule has 0 heterocycles. The van der Waals surface area contributed by atoms with Crippen molar-refractivity contribution in [3.05, 3.63) is 29.8 Å². The average molecular weight is 364 g/mol. The first kappa shape index (κ1) is 21.8. The van der Waals surface area contributed by atoms with Gasteiger partial charge in [0.15, 0.2) is 0 Å². The van der Waals surface area contributed by atoms with Crippen LogP contribution in [-0.2, 0) is 4.74 Å². The van der Waals surface area contributed by atoms with Crippen LogP contribution in [0.3, 0.4) is 0 Å². The maximum atomic E-state index is 12.7. The molecule has 1 atom stereocenters. The highest BCUT2D eigenvalue weighted by Crippen LogP contribution is 2.19. The Morgan fingerprint density at radius 1 is 1.15 bits per heavy atom. The lowest BCUT2D eigenvalue weighted by Crippen LogP contribution is -2.57. The first-order valence-electron chi connectivity index (χ1n) is 8.91. The number of amides is 2. The zero-order valence-electron chi connectivity index (χ0n) is 17.3. The summed E-state index contributed by atoms with van der Waals surface area (Å²) in [5.74, 6) is -0.0608. The van der Waals surface area contributed by atoms with Crippen LogP contribution in [0.1, 0.15) is 51.9 Å². The van der Waals surface area contributed by atoms with E-state index in [0.29, 0.717) is 5.56 Å². The van der Waals surface area contributed by atoms with Crippen LogP contribution in [0.4, 0.5) is 10.5 Å². The minimum absolute atomic E-state index is 0.110. The second-order valence-electron chi connectivity index (χ2n) is 8.33. The van der Waals surface area contributed by atoms with Crippen molar-refractivity contribution < 1.29 is 14.3 Å². The van der Waals surface area contributed by atoms with Gasteiger partial charge in [-0.15, -0.1) is 0 Å². The highest BCUT2D eigenvalue weighted by atomic mass is 16.6. The van der Waals surface area contributed by atoms with Gasteiger partial charge in [-0.25, -0.2) is 4.79 Å². The summed E-state index contributed by atoms with van der Waals surface area (Å²) in [6.07, 6.45) is -0.492. The molecule has 1 aromatic carbocycles. The number of nitrogens with zero attached hydrogens (tertiary/aromatic N) is 1. The van der Waals surface area contributed by atoms with Crippen molar-refractivity contribution in [1.82, 2.24) is 10.6 Å². The molecular weight excluding hydrogens is 330 g/mol. The molecule has 0 saturated heterocycles. The molecule has 0 aliphatic rings. The molecule has 0 aromatic heterocycles. The Kier molecular flexibility index (Phi) is 7.07. The predicted molar refractivity (Wildman–Crippen MR) is 106 cm³/mol. The molecule has 0 bridgehead atoms. The van der Waals surface area contributed by atoms with Gasteiger partial charge in [0.05, 0.1) is 5.54 Å². The highest BCUT2D eigenvalue weighted by molar-refractivity contribution is 5.95. The molecule has 2 amide bonds. The Morgan fingerprint density at radius 2 is 1.77 bits per heavy atom. The summed E-state index contributed by atoms with van der Waals surface area (Å²) in [7, 11) is 3.86. The van der Waals surface area contributed by atoms with E-state index in [9.17, 15) is 9.59 Å². The Balaban J connectivity index is 2.84. The third-order valence-corrected chi connectivity index (χ3v) is 4.30. The van der Waals surface area contributed by atoms with Crippen molar-refractivity contribution in [2.75, 3.05) is 25.5 Å². The Hall–Kier alpha value is -2.24. The Morgan fingerprint density at radius 3 is 2.27 bits per heavy atom. The molecule has 0 spiro atoms. The fourth-order valence-electron chi connectivity index (χ4n) is 2.22. The van der Waals surface area contributed by atoms with Crippen LogP contribution in [-0.4, -0.2) is 43.8 Å². The van der Waals surface area contributed by atoms with Crippen molar-refractivity contribution in [3.63, 3.8) is 0 Å². The van der Waals surface area contributed by atoms with E-state index in [2.05, 4.69) is 10.6 Å². The van der Waals surface area contributed by atoms with Crippen molar-refractivity contribution in [2.24, 2.45) is 5.92 Å². The smallest absolute Gasteiger partial charge is 0.407 e. The molecule has 0 saturated carbocycles. The van der Waals surface area contributed by atoms with Gasteiger partial charge in [-0.05, 0) is 51.8 Å². The summed E-state index contributed by atoms with van der Waals surface area (Å²) >= 11 is 0. The molecule has 1 unspecified atom stereocenters. The van der Waals surface area contributed by atoms with E-state index in [0.717, 1.165) is 5.69 Å². The number of ether oxygens (including phenoxy) is 1. The number of hydrogen-bond acceptors (Lipinski definition) is 4. The second kappa shape index (κ2) is 8.43. The predicted octanol–water partition coefficient (Wildman–Crippen LogP) is 3.42. The maximum Gasteiger partial charge on any atom is 0.407 e. The van der Waals surface area contributed by atoms with Crippen molar-refractivity contribution >= 4 is 17.7 Å². The first-order valence-corrected chi connectivity index (χ1v) is 8.91. The SMILES string of the molecule is CC(C)C(C)(CNC(=O)OC(C)(C)C)NC(=O)c1cccc(N(C)C)c1. The molecule has 2 N–H and O–H groups in total. The molecule has 0 fully saturated rings. The summed E-state index contributed by atoms with van der Waals surface area (Å²) in [6.45, 7) is 11.7. The van der Waals surface area contributed by atoms with Crippen molar-refractivity contribution in [3.8, 4) is 0 Å². The minimum atomic E-state index is -0.609. The standard InChI is InChI=1S/C20H33N3O3/c1-14(2)20(6,13-21-18(25)26-19(3,4)5)22-17(24)15-10-9-11-16(12-15)23(7)8/h9-12,14H,13H2,1-8H3,(H,21,25)(H,22,24). The number of anilines is 1. The minimum Gasteiger partial charge on any atom is -0.444 e. The van der Waals surface area contributed by atoms with E-state index < -0.39 is 17.2 Å².